The first kappa shape index (κ1) is 13.4. The van der Waals surface area contributed by atoms with Crippen LogP contribution in [0.15, 0.2) is 12.3 Å². The van der Waals surface area contributed by atoms with Crippen molar-refractivity contribution < 1.29 is 4.79 Å². The average Bonchev–Trinajstić information content (AvgIpc) is 2.25. The number of hydrazine groups is 1. The molecule has 5 nitrogen and oxygen atoms in total. The van der Waals surface area contributed by atoms with Crippen LogP contribution in [0.2, 0.25) is 0 Å². The molecular weight excluding hydrogens is 216 g/mol. The number of hydrogen-bond acceptors (Lipinski definition) is 4. The Morgan fingerprint density at radius 1 is 1.47 bits per heavy atom. The van der Waals surface area contributed by atoms with E-state index in [-0.39, 0.29) is 5.91 Å². The number of carbonyl (C=O) groups is 1. The third kappa shape index (κ3) is 4.03. The lowest BCUT2D eigenvalue weighted by Gasteiger charge is -2.15. The van der Waals surface area contributed by atoms with E-state index in [0.29, 0.717) is 5.56 Å². The Bertz CT molecular complexity index is 390. The smallest absolute Gasteiger partial charge is 0.269 e. The zero-order valence-corrected chi connectivity index (χ0v) is 10.9. The van der Waals surface area contributed by atoms with Crippen LogP contribution in [0, 0.1) is 6.92 Å². The summed E-state index contributed by atoms with van der Waals surface area (Å²) in [7, 11) is 3.55. The monoisotopic (exact) mass is 236 g/mol. The lowest BCUT2D eigenvalue weighted by atomic mass is 10.2. The summed E-state index contributed by atoms with van der Waals surface area (Å²) in [6.07, 6.45) is 2.61. The molecule has 0 atom stereocenters. The number of anilines is 1. The summed E-state index contributed by atoms with van der Waals surface area (Å²) in [5.41, 5.74) is 5.00. The van der Waals surface area contributed by atoms with Crippen molar-refractivity contribution in [2.75, 3.05) is 26.0 Å². The molecule has 2 N–H and O–H groups in total. The number of nitrogens with zero attached hydrogens (tertiary/aromatic N) is 2. The number of amides is 1. The topological polar surface area (TPSA) is 57.3 Å². The molecule has 0 aliphatic heterocycles. The Labute approximate surface area is 102 Å². The maximum absolute atomic E-state index is 11.9. The molecule has 1 aromatic heterocycles. The van der Waals surface area contributed by atoms with Crippen molar-refractivity contribution in [2.24, 2.45) is 0 Å². The van der Waals surface area contributed by atoms with Gasteiger partial charge in [-0.2, -0.15) is 0 Å². The molecule has 1 amide bonds. The lowest BCUT2D eigenvalue weighted by molar-refractivity contribution is 0.0857. The quantitative estimate of drug-likeness (QED) is 0.759. The first-order valence-corrected chi connectivity index (χ1v) is 5.73. The van der Waals surface area contributed by atoms with Gasteiger partial charge in [-0.3, -0.25) is 15.2 Å². The van der Waals surface area contributed by atoms with E-state index < -0.39 is 0 Å². The number of aromatic nitrogens is 1. The van der Waals surface area contributed by atoms with Crippen LogP contribution in [0.1, 0.15) is 29.4 Å². The second-order valence-corrected chi connectivity index (χ2v) is 4.13. The first-order chi connectivity index (χ1) is 8.04. The van der Waals surface area contributed by atoms with Gasteiger partial charge in [0.05, 0.1) is 11.3 Å². The zero-order valence-electron chi connectivity index (χ0n) is 10.9. The molecular formula is C12H20N4O. The normalized spacial score (nSPS) is 10.4. The molecule has 1 aromatic rings. The minimum atomic E-state index is -0.152. The maximum atomic E-state index is 11.9. The highest BCUT2D eigenvalue weighted by Gasteiger charge is 2.12. The van der Waals surface area contributed by atoms with Gasteiger partial charge < -0.3 is 5.32 Å². The SMILES string of the molecule is CCCNc1cc(C)ncc1C(=O)NN(C)C. The molecule has 17 heavy (non-hydrogen) atoms. The van der Waals surface area contributed by atoms with Crippen LogP contribution >= 0.6 is 0 Å². The number of rotatable bonds is 5. The van der Waals surface area contributed by atoms with Crippen LogP contribution in [0.3, 0.4) is 0 Å². The summed E-state index contributed by atoms with van der Waals surface area (Å²) in [6, 6.07) is 1.89. The molecule has 0 spiro atoms. The summed E-state index contributed by atoms with van der Waals surface area (Å²) >= 11 is 0. The minimum Gasteiger partial charge on any atom is -0.384 e. The number of carbonyl (C=O) groups excluding carboxylic acids is 1. The first-order valence-electron chi connectivity index (χ1n) is 5.73. The second-order valence-electron chi connectivity index (χ2n) is 4.13. The Hall–Kier alpha value is -1.62. The van der Waals surface area contributed by atoms with Gasteiger partial charge in [-0.25, -0.2) is 5.01 Å². The van der Waals surface area contributed by atoms with E-state index in [2.05, 4.69) is 22.7 Å². The fourth-order valence-electron chi connectivity index (χ4n) is 1.41. The van der Waals surface area contributed by atoms with Crippen LogP contribution < -0.4 is 10.7 Å². The molecule has 0 radical (unpaired) electrons. The number of pyridine rings is 1. The van der Waals surface area contributed by atoms with Crippen molar-refractivity contribution in [1.82, 2.24) is 15.4 Å². The second kappa shape index (κ2) is 6.20. The Morgan fingerprint density at radius 3 is 2.76 bits per heavy atom. The molecule has 1 rings (SSSR count). The Morgan fingerprint density at radius 2 is 2.18 bits per heavy atom. The molecule has 0 bridgehead atoms. The summed E-state index contributed by atoms with van der Waals surface area (Å²) in [6.45, 7) is 4.83. The Balaban J connectivity index is 2.92. The van der Waals surface area contributed by atoms with E-state index in [1.54, 1.807) is 25.3 Å². The highest BCUT2D eigenvalue weighted by atomic mass is 16.2. The van der Waals surface area contributed by atoms with E-state index in [9.17, 15) is 4.79 Å². The number of aryl methyl sites for hydroxylation is 1. The fraction of sp³-hybridized carbons (Fsp3) is 0.500. The Kier molecular flexibility index (Phi) is 4.90. The summed E-state index contributed by atoms with van der Waals surface area (Å²) in [4.78, 5) is 16.1. The predicted octanol–water partition coefficient (Wildman–Crippen LogP) is 1.42. The minimum absolute atomic E-state index is 0.152. The third-order valence-corrected chi connectivity index (χ3v) is 2.18. The van der Waals surface area contributed by atoms with Crippen molar-refractivity contribution in [2.45, 2.75) is 20.3 Å². The van der Waals surface area contributed by atoms with Crippen molar-refractivity contribution in [3.63, 3.8) is 0 Å². The molecule has 0 aromatic carbocycles. The van der Waals surface area contributed by atoms with Gasteiger partial charge in [-0.15, -0.1) is 0 Å². The van der Waals surface area contributed by atoms with Crippen LogP contribution in [0.25, 0.3) is 0 Å². The molecule has 0 saturated carbocycles. The molecule has 5 heteroatoms. The largest absolute Gasteiger partial charge is 0.384 e. The van der Waals surface area contributed by atoms with Gasteiger partial charge in [0, 0.05) is 32.5 Å². The van der Waals surface area contributed by atoms with Gasteiger partial charge in [0.1, 0.15) is 0 Å². The molecule has 0 saturated heterocycles. The fourth-order valence-corrected chi connectivity index (χ4v) is 1.41. The van der Waals surface area contributed by atoms with Gasteiger partial charge in [-0.1, -0.05) is 6.92 Å². The zero-order chi connectivity index (χ0) is 12.8. The number of hydrogen-bond donors (Lipinski definition) is 2. The highest BCUT2D eigenvalue weighted by Crippen LogP contribution is 2.15. The van der Waals surface area contributed by atoms with Crippen LogP contribution in [0.4, 0.5) is 5.69 Å². The van der Waals surface area contributed by atoms with Gasteiger partial charge >= 0.3 is 0 Å². The van der Waals surface area contributed by atoms with Gasteiger partial charge in [-0.05, 0) is 19.4 Å². The summed E-state index contributed by atoms with van der Waals surface area (Å²) < 4.78 is 0. The molecule has 0 fully saturated rings. The number of nitrogens with one attached hydrogen (secondary N) is 2. The van der Waals surface area contributed by atoms with Crippen LogP contribution in [-0.2, 0) is 0 Å². The lowest BCUT2D eigenvalue weighted by Crippen LogP contribution is -2.36. The van der Waals surface area contributed by atoms with Gasteiger partial charge in [0.2, 0.25) is 0 Å². The van der Waals surface area contributed by atoms with Crippen molar-refractivity contribution >= 4 is 11.6 Å². The predicted molar refractivity (Wildman–Crippen MR) is 68.9 cm³/mol. The molecule has 1 heterocycles. The van der Waals surface area contributed by atoms with Gasteiger partial charge in [0.25, 0.3) is 5.91 Å². The average molecular weight is 236 g/mol. The van der Waals surface area contributed by atoms with Crippen molar-refractivity contribution in [3.8, 4) is 0 Å². The van der Waals surface area contributed by atoms with E-state index in [1.807, 2.05) is 13.0 Å². The van der Waals surface area contributed by atoms with Gasteiger partial charge in [0.15, 0.2) is 0 Å². The highest BCUT2D eigenvalue weighted by molar-refractivity contribution is 5.99. The van der Waals surface area contributed by atoms with Crippen LogP contribution in [-0.4, -0.2) is 36.5 Å². The van der Waals surface area contributed by atoms with E-state index in [4.69, 9.17) is 0 Å². The van der Waals surface area contributed by atoms with Crippen molar-refractivity contribution in [1.29, 1.82) is 0 Å². The molecule has 0 unspecified atom stereocenters. The maximum Gasteiger partial charge on any atom is 0.269 e. The van der Waals surface area contributed by atoms with Crippen LogP contribution in [0.5, 0.6) is 0 Å². The summed E-state index contributed by atoms with van der Waals surface area (Å²) in [5, 5.41) is 4.86. The standard InChI is InChI=1S/C12H20N4O/c1-5-6-13-11-7-9(2)14-8-10(11)12(17)15-16(3)4/h7-8H,5-6H2,1-4H3,(H,13,14)(H,15,17). The molecule has 0 aliphatic carbocycles. The third-order valence-electron chi connectivity index (χ3n) is 2.18. The van der Waals surface area contributed by atoms with Crippen molar-refractivity contribution in [3.05, 3.63) is 23.5 Å². The van der Waals surface area contributed by atoms with E-state index in [1.165, 1.54) is 0 Å². The summed E-state index contributed by atoms with van der Waals surface area (Å²) in [5.74, 6) is -0.152. The van der Waals surface area contributed by atoms with E-state index in [0.717, 1.165) is 24.3 Å². The molecule has 0 aliphatic rings. The van der Waals surface area contributed by atoms with E-state index >= 15 is 0 Å². The molecule has 94 valence electrons.